The quantitative estimate of drug-likeness (QED) is 0.544. The highest BCUT2D eigenvalue weighted by molar-refractivity contribution is 7.87. The van der Waals surface area contributed by atoms with Crippen molar-refractivity contribution in [2.24, 2.45) is 22.7 Å². The van der Waals surface area contributed by atoms with E-state index in [2.05, 4.69) is 13.8 Å². The number of likely N-dealkylation sites (tertiary alicyclic amines) is 1. The van der Waals surface area contributed by atoms with Gasteiger partial charge in [0, 0.05) is 22.0 Å². The van der Waals surface area contributed by atoms with Crippen molar-refractivity contribution in [2.75, 3.05) is 5.75 Å². The van der Waals surface area contributed by atoms with Crippen molar-refractivity contribution in [3.63, 3.8) is 0 Å². The summed E-state index contributed by atoms with van der Waals surface area (Å²) in [5, 5.41) is 11.0. The van der Waals surface area contributed by atoms with Crippen LogP contribution in [-0.4, -0.2) is 54.8 Å². The molecule has 1 unspecified atom stereocenters. The van der Waals surface area contributed by atoms with E-state index in [4.69, 9.17) is 4.74 Å². The van der Waals surface area contributed by atoms with Crippen LogP contribution in [0.1, 0.15) is 38.7 Å². The zero-order valence-electron chi connectivity index (χ0n) is 18.4. The van der Waals surface area contributed by atoms with Crippen molar-refractivity contribution in [1.82, 2.24) is 4.90 Å². The summed E-state index contributed by atoms with van der Waals surface area (Å²) in [7, 11) is -1.67. The van der Waals surface area contributed by atoms with Gasteiger partial charge in [-0.25, -0.2) is 0 Å². The maximum atomic E-state index is 14.3. The number of hydrogen-bond donors (Lipinski definition) is 1. The van der Waals surface area contributed by atoms with Crippen molar-refractivity contribution < 1.29 is 23.6 Å². The lowest BCUT2D eigenvalue weighted by Gasteiger charge is -2.42. The fourth-order valence-electron chi connectivity index (χ4n) is 7.40. The highest BCUT2D eigenvalue weighted by atomic mass is 32.2. The molecule has 3 aliphatic heterocycles. The van der Waals surface area contributed by atoms with E-state index in [0.717, 1.165) is 24.8 Å². The van der Waals surface area contributed by atoms with Gasteiger partial charge in [0.15, 0.2) is 4.75 Å². The predicted octanol–water partition coefficient (Wildman–Crippen LogP) is 2.18. The van der Waals surface area contributed by atoms with Crippen LogP contribution < -0.4 is 0 Å². The molecular weight excluding hydrogens is 426 g/mol. The number of imide groups is 1. The van der Waals surface area contributed by atoms with E-state index in [1.54, 1.807) is 0 Å². The molecular formula is C25H29NO5S. The molecule has 170 valence electrons. The number of benzene rings is 1. The molecule has 3 heterocycles. The average molecular weight is 456 g/mol. The SMILES string of the molecule is CC1(C)[C@@H]2CC[C@@]1(CS(=O)[C@@]13C(=O)N(Cc4ccccc4)C(=O)[C@@H]1[C@@H]1C=C[C@H]3O1)[C@H](O)C2. The number of fused-ring (bicyclic) bond motifs is 7. The molecule has 5 aliphatic rings. The first-order chi connectivity index (χ1) is 15.2. The van der Waals surface area contributed by atoms with Crippen LogP contribution in [-0.2, 0) is 31.7 Å². The van der Waals surface area contributed by atoms with Crippen LogP contribution >= 0.6 is 0 Å². The molecule has 4 fully saturated rings. The molecule has 0 aromatic heterocycles. The molecule has 0 radical (unpaired) electrons. The molecule has 4 bridgehead atoms. The summed E-state index contributed by atoms with van der Waals surface area (Å²) in [6.45, 7) is 4.50. The van der Waals surface area contributed by atoms with Crippen LogP contribution in [0, 0.1) is 22.7 Å². The molecule has 2 saturated carbocycles. The van der Waals surface area contributed by atoms with E-state index in [-0.39, 0.29) is 29.5 Å². The van der Waals surface area contributed by atoms with E-state index >= 15 is 0 Å². The summed E-state index contributed by atoms with van der Waals surface area (Å²) in [6.07, 6.45) is 4.46. The molecule has 2 aliphatic carbocycles. The summed E-state index contributed by atoms with van der Waals surface area (Å²) < 4.78 is 18.8. The van der Waals surface area contributed by atoms with Crippen LogP contribution in [0.5, 0.6) is 0 Å². The number of nitrogens with zero attached hydrogens (tertiary/aromatic N) is 1. The van der Waals surface area contributed by atoms with Crippen molar-refractivity contribution in [2.45, 2.75) is 62.7 Å². The normalized spacial score (nSPS) is 44.0. The Labute approximate surface area is 190 Å². The number of amides is 2. The Morgan fingerprint density at radius 3 is 2.59 bits per heavy atom. The fourth-order valence-corrected chi connectivity index (χ4v) is 10.0. The van der Waals surface area contributed by atoms with Crippen molar-refractivity contribution in [1.29, 1.82) is 0 Å². The fraction of sp³-hybridized carbons (Fsp3) is 0.600. The molecule has 0 spiro atoms. The molecule has 1 aromatic carbocycles. The average Bonchev–Trinajstić information content (AvgIpc) is 3.52. The van der Waals surface area contributed by atoms with E-state index in [9.17, 15) is 18.9 Å². The number of ether oxygens (including phenoxy) is 1. The second-order valence-electron chi connectivity index (χ2n) is 10.7. The Bertz CT molecular complexity index is 1050. The van der Waals surface area contributed by atoms with Gasteiger partial charge in [-0.15, -0.1) is 0 Å². The van der Waals surface area contributed by atoms with Gasteiger partial charge in [-0.3, -0.25) is 18.7 Å². The first-order valence-electron chi connectivity index (χ1n) is 11.5. The van der Waals surface area contributed by atoms with Crippen molar-refractivity contribution >= 4 is 22.6 Å². The maximum Gasteiger partial charge on any atom is 0.252 e. The summed E-state index contributed by atoms with van der Waals surface area (Å²) in [6, 6.07) is 9.42. The maximum absolute atomic E-state index is 14.3. The Balaban J connectivity index is 1.38. The highest BCUT2D eigenvalue weighted by Crippen LogP contribution is 2.67. The Morgan fingerprint density at radius 2 is 1.94 bits per heavy atom. The van der Waals surface area contributed by atoms with E-state index in [1.165, 1.54) is 4.90 Å². The van der Waals surface area contributed by atoms with Crippen LogP contribution in [0.4, 0.5) is 0 Å². The number of aliphatic hydroxyl groups is 1. The lowest BCUT2D eigenvalue weighted by molar-refractivity contribution is -0.142. The Morgan fingerprint density at radius 1 is 1.19 bits per heavy atom. The summed E-state index contributed by atoms with van der Waals surface area (Å²) in [5.41, 5.74) is 0.211. The van der Waals surface area contributed by atoms with E-state index in [1.807, 2.05) is 42.5 Å². The minimum Gasteiger partial charge on any atom is -0.392 e. The van der Waals surface area contributed by atoms with Crippen LogP contribution in [0.2, 0.25) is 0 Å². The van der Waals surface area contributed by atoms with Gasteiger partial charge in [0.1, 0.15) is 6.10 Å². The molecule has 1 N–H and O–H groups in total. The predicted molar refractivity (Wildman–Crippen MR) is 119 cm³/mol. The van der Waals surface area contributed by atoms with Gasteiger partial charge >= 0.3 is 0 Å². The molecule has 1 aromatic rings. The van der Waals surface area contributed by atoms with Gasteiger partial charge in [0.2, 0.25) is 5.91 Å². The molecule has 8 atom stereocenters. The van der Waals surface area contributed by atoms with E-state index in [0.29, 0.717) is 5.92 Å². The number of rotatable bonds is 5. The number of carbonyl (C=O) groups excluding carboxylic acids is 2. The van der Waals surface area contributed by atoms with Crippen LogP contribution in [0.3, 0.4) is 0 Å². The van der Waals surface area contributed by atoms with Gasteiger partial charge in [-0.1, -0.05) is 56.3 Å². The molecule has 2 saturated heterocycles. The standard InChI is InChI=1S/C25H29NO5S/c1-23(2)16-10-11-24(23,18(27)12-16)14-32(30)25-19-9-8-17(31-19)20(25)21(28)26(22(25)29)13-15-6-4-3-5-7-15/h3-9,16-20,27H,10-14H2,1-2H3/t16-,17+,18-,19-,20+,24-,25-,32?/m1/s1. The first-order valence-corrected chi connectivity index (χ1v) is 12.9. The van der Waals surface area contributed by atoms with Gasteiger partial charge in [-0.2, -0.15) is 0 Å². The van der Waals surface area contributed by atoms with Crippen molar-refractivity contribution in [3.05, 3.63) is 48.0 Å². The molecule has 32 heavy (non-hydrogen) atoms. The highest BCUT2D eigenvalue weighted by Gasteiger charge is 2.75. The zero-order chi connectivity index (χ0) is 22.5. The molecule has 6 rings (SSSR count). The third-order valence-electron chi connectivity index (χ3n) is 9.44. The van der Waals surface area contributed by atoms with Crippen LogP contribution in [0.25, 0.3) is 0 Å². The molecule has 6 nitrogen and oxygen atoms in total. The van der Waals surface area contributed by atoms with Gasteiger partial charge < -0.3 is 9.84 Å². The van der Waals surface area contributed by atoms with E-state index < -0.39 is 45.2 Å². The van der Waals surface area contributed by atoms with Gasteiger partial charge in [0.25, 0.3) is 5.91 Å². The summed E-state index contributed by atoms with van der Waals surface area (Å²) >= 11 is 0. The minimum atomic E-state index is -1.67. The smallest absolute Gasteiger partial charge is 0.252 e. The topological polar surface area (TPSA) is 83.9 Å². The number of aliphatic hydroxyl groups excluding tert-OH is 1. The second-order valence-corrected chi connectivity index (χ2v) is 12.4. The van der Waals surface area contributed by atoms with Gasteiger partial charge in [-0.05, 0) is 36.2 Å². The van der Waals surface area contributed by atoms with Crippen molar-refractivity contribution in [3.8, 4) is 0 Å². The zero-order valence-corrected chi connectivity index (χ0v) is 19.2. The van der Waals surface area contributed by atoms with Gasteiger partial charge in [0.05, 0.1) is 24.7 Å². The number of carbonyl (C=O) groups is 2. The monoisotopic (exact) mass is 455 g/mol. The second kappa shape index (κ2) is 6.61. The summed E-state index contributed by atoms with van der Waals surface area (Å²) in [4.78, 5) is 28.7. The largest absolute Gasteiger partial charge is 0.392 e. The molecule has 7 heteroatoms. The van der Waals surface area contributed by atoms with Crippen LogP contribution in [0.15, 0.2) is 42.5 Å². The minimum absolute atomic E-state index is 0.155. The molecule has 2 amide bonds. The first kappa shape index (κ1) is 20.8. The number of hydrogen-bond acceptors (Lipinski definition) is 5. The third-order valence-corrected chi connectivity index (χ3v) is 11.6. The third kappa shape index (κ3) is 2.30. The lowest BCUT2D eigenvalue weighted by atomic mass is 9.70. The Kier molecular flexibility index (Phi) is 4.29. The Hall–Kier alpha value is -1.83. The summed E-state index contributed by atoms with van der Waals surface area (Å²) in [5.74, 6) is -0.814. The lowest BCUT2D eigenvalue weighted by Crippen LogP contribution is -2.57.